The van der Waals surface area contributed by atoms with E-state index in [1.54, 1.807) is 0 Å². The van der Waals surface area contributed by atoms with Gasteiger partial charge in [0.25, 0.3) is 0 Å². The lowest BCUT2D eigenvalue weighted by atomic mass is 9.92. The van der Waals surface area contributed by atoms with E-state index in [2.05, 4.69) is 84.4 Å². The van der Waals surface area contributed by atoms with E-state index >= 15 is 0 Å². The van der Waals surface area contributed by atoms with E-state index in [0.717, 1.165) is 26.1 Å². The van der Waals surface area contributed by atoms with Crippen molar-refractivity contribution in [3.05, 3.63) is 71.8 Å². The molecule has 0 spiro atoms. The van der Waals surface area contributed by atoms with Gasteiger partial charge in [-0.05, 0) is 31.5 Å². The first-order valence-corrected chi connectivity index (χ1v) is 8.86. The zero-order valence-corrected chi connectivity index (χ0v) is 14.9. The van der Waals surface area contributed by atoms with E-state index in [1.165, 1.54) is 11.1 Å². The summed E-state index contributed by atoms with van der Waals surface area (Å²) in [5.74, 6) is 0. The third-order valence-corrected chi connectivity index (χ3v) is 5.45. The Labute approximate surface area is 146 Å². The van der Waals surface area contributed by atoms with Gasteiger partial charge in [0.2, 0.25) is 0 Å². The first-order chi connectivity index (χ1) is 11.6. The molecule has 2 unspecified atom stereocenters. The van der Waals surface area contributed by atoms with Crippen LogP contribution in [0.25, 0.3) is 0 Å². The number of hydrogen-bond donors (Lipinski definition) is 1. The molecule has 2 atom stereocenters. The van der Waals surface area contributed by atoms with Crippen LogP contribution in [0.5, 0.6) is 0 Å². The molecule has 3 rings (SSSR count). The third kappa shape index (κ3) is 3.69. The maximum absolute atomic E-state index is 6.33. The summed E-state index contributed by atoms with van der Waals surface area (Å²) in [6.07, 6.45) is 1.12. The van der Waals surface area contributed by atoms with Gasteiger partial charge < -0.3 is 10.6 Å². The summed E-state index contributed by atoms with van der Waals surface area (Å²) >= 11 is 0. The highest BCUT2D eigenvalue weighted by molar-refractivity contribution is 5.19. The van der Waals surface area contributed by atoms with E-state index in [1.807, 2.05) is 0 Å². The van der Waals surface area contributed by atoms with E-state index in [-0.39, 0.29) is 5.54 Å². The average Bonchev–Trinajstić information content (AvgIpc) is 2.92. The Bertz CT molecular complexity index is 575. The van der Waals surface area contributed by atoms with Gasteiger partial charge in [-0.25, -0.2) is 0 Å². The van der Waals surface area contributed by atoms with Crippen molar-refractivity contribution >= 4 is 0 Å². The molecule has 0 bridgehead atoms. The number of nitrogens with zero attached hydrogens (tertiary/aromatic N) is 2. The molecular weight excluding hydrogens is 294 g/mol. The molecule has 3 heteroatoms. The molecule has 0 aromatic heterocycles. The van der Waals surface area contributed by atoms with Crippen LogP contribution in [0, 0.1) is 0 Å². The monoisotopic (exact) mass is 323 g/mol. The molecular formula is C21H29N3. The van der Waals surface area contributed by atoms with Gasteiger partial charge in [-0.1, -0.05) is 60.7 Å². The molecule has 2 N–H and O–H groups in total. The molecule has 2 aromatic carbocycles. The maximum atomic E-state index is 6.33. The molecule has 0 aliphatic carbocycles. The first kappa shape index (κ1) is 17.2. The third-order valence-electron chi connectivity index (χ3n) is 5.45. The molecule has 1 aliphatic rings. The summed E-state index contributed by atoms with van der Waals surface area (Å²) < 4.78 is 0. The van der Waals surface area contributed by atoms with Gasteiger partial charge in [0, 0.05) is 37.8 Å². The van der Waals surface area contributed by atoms with Crippen molar-refractivity contribution in [1.29, 1.82) is 0 Å². The standard InChI is InChI=1S/C21H29N3/c1-18-13-21(16-22,17-23(18)2)24(14-19-9-5-3-6-10-19)15-20-11-7-4-8-12-20/h3-12,18H,13-17,22H2,1-2H3. The van der Waals surface area contributed by atoms with Gasteiger partial charge >= 0.3 is 0 Å². The van der Waals surface area contributed by atoms with Crippen LogP contribution in [-0.4, -0.2) is 41.5 Å². The fourth-order valence-corrected chi connectivity index (χ4v) is 3.90. The highest BCUT2D eigenvalue weighted by Crippen LogP contribution is 2.33. The second-order valence-corrected chi connectivity index (χ2v) is 7.22. The zero-order chi connectivity index (χ0) is 17.0. The topological polar surface area (TPSA) is 32.5 Å². The van der Waals surface area contributed by atoms with Gasteiger partial charge in [-0.15, -0.1) is 0 Å². The van der Waals surface area contributed by atoms with Gasteiger partial charge in [0.05, 0.1) is 0 Å². The van der Waals surface area contributed by atoms with Gasteiger partial charge in [-0.2, -0.15) is 0 Å². The number of hydrogen-bond acceptors (Lipinski definition) is 3. The second kappa shape index (κ2) is 7.47. The molecule has 1 aliphatic heterocycles. The lowest BCUT2D eigenvalue weighted by Gasteiger charge is -2.41. The molecule has 1 fully saturated rings. The number of nitrogens with two attached hydrogens (primary N) is 1. The summed E-state index contributed by atoms with van der Waals surface area (Å²) in [4.78, 5) is 5.04. The van der Waals surface area contributed by atoms with Crippen LogP contribution in [0.4, 0.5) is 0 Å². The zero-order valence-electron chi connectivity index (χ0n) is 14.9. The minimum absolute atomic E-state index is 0.0415. The minimum atomic E-state index is 0.0415. The summed E-state index contributed by atoms with van der Waals surface area (Å²) in [6, 6.07) is 22.1. The maximum Gasteiger partial charge on any atom is 0.0480 e. The fourth-order valence-electron chi connectivity index (χ4n) is 3.90. The highest BCUT2D eigenvalue weighted by atomic mass is 15.3. The van der Waals surface area contributed by atoms with Crippen molar-refractivity contribution in [2.24, 2.45) is 5.73 Å². The normalized spacial score (nSPS) is 24.6. The number of rotatable bonds is 6. The largest absolute Gasteiger partial charge is 0.329 e. The van der Waals surface area contributed by atoms with E-state index in [4.69, 9.17) is 5.73 Å². The quantitative estimate of drug-likeness (QED) is 0.886. The second-order valence-electron chi connectivity index (χ2n) is 7.22. The molecule has 0 amide bonds. The highest BCUT2D eigenvalue weighted by Gasteiger charge is 2.44. The molecule has 1 saturated heterocycles. The molecule has 1 heterocycles. The SMILES string of the molecule is CC1CC(CN)(N(Cc2ccccc2)Cc2ccccc2)CN1C. The molecule has 128 valence electrons. The first-order valence-electron chi connectivity index (χ1n) is 8.86. The van der Waals surface area contributed by atoms with Crippen LogP contribution in [0.2, 0.25) is 0 Å². The Balaban J connectivity index is 1.88. The van der Waals surface area contributed by atoms with Gasteiger partial charge in [0.15, 0.2) is 0 Å². The predicted octanol–water partition coefficient (Wildman–Crippen LogP) is 3.11. The Morgan fingerprint density at radius 2 is 1.50 bits per heavy atom. The van der Waals surface area contributed by atoms with Crippen LogP contribution in [-0.2, 0) is 13.1 Å². The number of likely N-dealkylation sites (tertiary alicyclic amines) is 1. The van der Waals surface area contributed by atoms with Crippen molar-refractivity contribution in [1.82, 2.24) is 9.80 Å². The lowest BCUT2D eigenvalue weighted by molar-refractivity contribution is 0.0844. The van der Waals surface area contributed by atoms with Crippen molar-refractivity contribution < 1.29 is 0 Å². The van der Waals surface area contributed by atoms with Crippen molar-refractivity contribution in [3.63, 3.8) is 0 Å². The van der Waals surface area contributed by atoms with Crippen molar-refractivity contribution in [2.45, 2.75) is 38.0 Å². The van der Waals surface area contributed by atoms with Gasteiger partial charge in [0.1, 0.15) is 0 Å². The van der Waals surface area contributed by atoms with Crippen LogP contribution >= 0.6 is 0 Å². The summed E-state index contributed by atoms with van der Waals surface area (Å²) in [5, 5.41) is 0. The summed E-state index contributed by atoms with van der Waals surface area (Å²) in [6.45, 7) is 5.91. The molecule has 0 radical (unpaired) electrons. The summed E-state index contributed by atoms with van der Waals surface area (Å²) in [5.41, 5.74) is 9.08. The minimum Gasteiger partial charge on any atom is -0.329 e. The summed E-state index contributed by atoms with van der Waals surface area (Å²) in [7, 11) is 2.21. The number of likely N-dealkylation sites (N-methyl/N-ethyl adjacent to an activating group) is 1. The van der Waals surface area contributed by atoms with Crippen LogP contribution < -0.4 is 5.73 Å². The predicted molar refractivity (Wildman–Crippen MR) is 101 cm³/mol. The van der Waals surface area contributed by atoms with Crippen LogP contribution in [0.3, 0.4) is 0 Å². The van der Waals surface area contributed by atoms with Crippen LogP contribution in [0.1, 0.15) is 24.5 Å². The Kier molecular flexibility index (Phi) is 5.34. The van der Waals surface area contributed by atoms with E-state index < -0.39 is 0 Å². The van der Waals surface area contributed by atoms with E-state index in [0.29, 0.717) is 12.6 Å². The molecule has 24 heavy (non-hydrogen) atoms. The van der Waals surface area contributed by atoms with Crippen LogP contribution in [0.15, 0.2) is 60.7 Å². The van der Waals surface area contributed by atoms with E-state index in [9.17, 15) is 0 Å². The fraction of sp³-hybridized carbons (Fsp3) is 0.429. The smallest absolute Gasteiger partial charge is 0.0480 e. The average molecular weight is 323 g/mol. The Morgan fingerprint density at radius 1 is 1.00 bits per heavy atom. The number of benzene rings is 2. The van der Waals surface area contributed by atoms with Crippen molar-refractivity contribution in [2.75, 3.05) is 20.1 Å². The Hall–Kier alpha value is -1.68. The van der Waals surface area contributed by atoms with Gasteiger partial charge in [-0.3, -0.25) is 4.90 Å². The Morgan fingerprint density at radius 3 is 1.88 bits per heavy atom. The van der Waals surface area contributed by atoms with Crippen molar-refractivity contribution in [3.8, 4) is 0 Å². The molecule has 2 aromatic rings. The molecule has 0 saturated carbocycles. The molecule has 3 nitrogen and oxygen atoms in total. The lowest BCUT2D eigenvalue weighted by Crippen LogP contribution is -2.54.